The van der Waals surface area contributed by atoms with Crippen molar-refractivity contribution in [3.05, 3.63) is 71.1 Å². The molecule has 0 fully saturated rings. The van der Waals surface area contributed by atoms with Gasteiger partial charge in [-0.05, 0) is 25.1 Å². The second-order valence-electron chi connectivity index (χ2n) is 5.40. The minimum Gasteiger partial charge on any atom is -0.309 e. The van der Waals surface area contributed by atoms with E-state index in [9.17, 15) is 17.2 Å². The van der Waals surface area contributed by atoms with Gasteiger partial charge in [-0.25, -0.2) is 8.78 Å². The van der Waals surface area contributed by atoms with Crippen LogP contribution in [0.1, 0.15) is 5.56 Å². The first-order valence-electron chi connectivity index (χ1n) is 7.29. The van der Waals surface area contributed by atoms with Crippen molar-refractivity contribution < 1.29 is 17.2 Å². The monoisotopic (exact) mass is 380 g/mol. The van der Waals surface area contributed by atoms with Gasteiger partial charge in [0.15, 0.2) is 5.82 Å². The number of benzene rings is 2. The van der Waals surface area contributed by atoms with Crippen LogP contribution in [-0.2, 0) is 16.6 Å². The molecule has 8 heteroatoms. The second-order valence-corrected chi connectivity index (χ2v) is 8.01. The Labute approximate surface area is 147 Å². The molecule has 0 saturated carbocycles. The molecule has 0 aliphatic heterocycles. The molecule has 0 unspecified atom stereocenters. The Kier molecular flexibility index (Phi) is 4.57. The summed E-state index contributed by atoms with van der Waals surface area (Å²) in [6, 6.07) is 8.16. The van der Waals surface area contributed by atoms with Crippen molar-refractivity contribution in [2.75, 3.05) is 0 Å². The molecule has 3 aromatic rings. The van der Waals surface area contributed by atoms with Crippen LogP contribution in [0.2, 0.25) is 0 Å². The third-order valence-corrected chi connectivity index (χ3v) is 5.95. The van der Waals surface area contributed by atoms with Crippen molar-refractivity contribution in [2.24, 2.45) is 4.40 Å². The molecule has 0 spiro atoms. The van der Waals surface area contributed by atoms with Crippen LogP contribution in [-0.4, -0.2) is 13.0 Å². The summed E-state index contributed by atoms with van der Waals surface area (Å²) in [6.07, 6.45) is 1.49. The number of thiazole rings is 1. The molecule has 0 amide bonds. The summed E-state index contributed by atoms with van der Waals surface area (Å²) in [5, 5.41) is 0. The first-order valence-corrected chi connectivity index (χ1v) is 9.54. The van der Waals surface area contributed by atoms with Gasteiger partial charge in [0.2, 0.25) is 4.80 Å². The Balaban J connectivity index is 2.28. The Hall–Kier alpha value is -2.32. The first kappa shape index (κ1) is 17.5. The van der Waals surface area contributed by atoms with Gasteiger partial charge in [-0.3, -0.25) is 0 Å². The highest BCUT2D eigenvalue weighted by molar-refractivity contribution is 7.90. The number of allylic oxidation sites excluding steroid dienone is 1. The number of halogens is 2. The highest BCUT2D eigenvalue weighted by Gasteiger charge is 2.16. The zero-order valence-corrected chi connectivity index (χ0v) is 14.9. The summed E-state index contributed by atoms with van der Waals surface area (Å²) in [7, 11) is -3.98. The van der Waals surface area contributed by atoms with Crippen LogP contribution in [0.3, 0.4) is 0 Å². The average Bonchev–Trinajstić information content (AvgIpc) is 2.85. The molecule has 0 bridgehead atoms. The molecule has 2 aromatic carbocycles. The summed E-state index contributed by atoms with van der Waals surface area (Å²) < 4.78 is 58.2. The van der Waals surface area contributed by atoms with Crippen LogP contribution in [0.5, 0.6) is 0 Å². The molecule has 25 heavy (non-hydrogen) atoms. The number of sulfonamides is 1. The average molecular weight is 380 g/mol. The quantitative estimate of drug-likeness (QED) is 0.647. The predicted molar refractivity (Wildman–Crippen MR) is 93.9 cm³/mol. The highest BCUT2D eigenvalue weighted by atomic mass is 32.2. The van der Waals surface area contributed by atoms with E-state index in [0.29, 0.717) is 0 Å². The lowest BCUT2D eigenvalue weighted by molar-refractivity contribution is 0.585. The minimum atomic E-state index is -3.98. The lowest BCUT2D eigenvalue weighted by Crippen LogP contribution is -2.17. The van der Waals surface area contributed by atoms with Crippen molar-refractivity contribution in [1.82, 2.24) is 4.57 Å². The molecule has 0 saturated heterocycles. The topological polar surface area (TPSA) is 51.4 Å². The van der Waals surface area contributed by atoms with Gasteiger partial charge < -0.3 is 4.57 Å². The van der Waals surface area contributed by atoms with Crippen molar-refractivity contribution in [1.29, 1.82) is 0 Å². The third-order valence-electron chi connectivity index (χ3n) is 3.52. The maximum atomic E-state index is 14.2. The zero-order valence-electron chi connectivity index (χ0n) is 13.2. The van der Waals surface area contributed by atoms with E-state index < -0.39 is 21.7 Å². The molecule has 1 aromatic heterocycles. The van der Waals surface area contributed by atoms with Gasteiger partial charge in [0.1, 0.15) is 5.82 Å². The van der Waals surface area contributed by atoms with Gasteiger partial charge in [-0.2, -0.15) is 8.42 Å². The van der Waals surface area contributed by atoms with E-state index in [2.05, 4.69) is 11.0 Å². The van der Waals surface area contributed by atoms with E-state index in [1.165, 1.54) is 22.8 Å². The fourth-order valence-electron chi connectivity index (χ4n) is 2.36. The minimum absolute atomic E-state index is 0.0346. The Morgan fingerprint density at radius 3 is 2.56 bits per heavy atom. The standard InChI is InChI=1S/C17H14F2N2O2S2/c1-3-8-21-16-14(19)9-12(18)10-15(16)24-17(21)20-25(22,23)13-6-4-11(2)5-7-13/h3-7,9-10H,1,8H2,2H3. The van der Waals surface area contributed by atoms with E-state index in [1.54, 1.807) is 12.1 Å². The van der Waals surface area contributed by atoms with Gasteiger partial charge >= 0.3 is 0 Å². The van der Waals surface area contributed by atoms with Gasteiger partial charge in [0.25, 0.3) is 10.0 Å². The number of hydrogen-bond acceptors (Lipinski definition) is 3. The van der Waals surface area contributed by atoms with Gasteiger partial charge in [-0.15, -0.1) is 11.0 Å². The van der Waals surface area contributed by atoms with E-state index >= 15 is 0 Å². The molecule has 0 aliphatic carbocycles. The fourth-order valence-corrected chi connectivity index (χ4v) is 4.65. The van der Waals surface area contributed by atoms with E-state index in [1.807, 2.05) is 6.92 Å². The molecule has 4 nitrogen and oxygen atoms in total. The van der Waals surface area contributed by atoms with Crippen LogP contribution in [0.15, 0.2) is 58.3 Å². The Morgan fingerprint density at radius 1 is 1.24 bits per heavy atom. The Bertz CT molecular complexity index is 1130. The number of fused-ring (bicyclic) bond motifs is 1. The number of aromatic nitrogens is 1. The largest absolute Gasteiger partial charge is 0.309 e. The van der Waals surface area contributed by atoms with Crippen LogP contribution >= 0.6 is 11.3 Å². The summed E-state index contributed by atoms with van der Waals surface area (Å²) in [6.45, 7) is 5.58. The summed E-state index contributed by atoms with van der Waals surface area (Å²) in [4.78, 5) is 0.0901. The number of nitrogens with zero attached hydrogens (tertiary/aromatic N) is 2. The van der Waals surface area contributed by atoms with Crippen molar-refractivity contribution in [2.45, 2.75) is 18.4 Å². The van der Waals surface area contributed by atoms with E-state index in [-0.39, 0.29) is 26.5 Å². The number of rotatable bonds is 4. The van der Waals surface area contributed by atoms with Gasteiger partial charge in [0.05, 0.1) is 15.1 Å². The molecule has 0 radical (unpaired) electrons. The van der Waals surface area contributed by atoms with Crippen molar-refractivity contribution in [3.8, 4) is 0 Å². The third kappa shape index (κ3) is 3.40. The predicted octanol–water partition coefficient (Wildman–Crippen LogP) is 3.77. The molecule has 0 atom stereocenters. The molecule has 0 N–H and O–H groups in total. The summed E-state index contributed by atoms with van der Waals surface area (Å²) >= 11 is 0.906. The molecule has 0 aliphatic rings. The van der Waals surface area contributed by atoms with Crippen LogP contribution in [0, 0.1) is 18.6 Å². The molecule has 130 valence electrons. The number of aryl methyl sites for hydroxylation is 1. The normalized spacial score (nSPS) is 12.7. The Morgan fingerprint density at radius 2 is 1.92 bits per heavy atom. The first-order chi connectivity index (χ1) is 11.8. The van der Waals surface area contributed by atoms with E-state index in [0.717, 1.165) is 29.0 Å². The second kappa shape index (κ2) is 6.53. The van der Waals surface area contributed by atoms with Crippen LogP contribution in [0.4, 0.5) is 8.78 Å². The van der Waals surface area contributed by atoms with E-state index in [4.69, 9.17) is 0 Å². The van der Waals surface area contributed by atoms with Crippen molar-refractivity contribution in [3.63, 3.8) is 0 Å². The summed E-state index contributed by atoms with van der Waals surface area (Å²) in [5.74, 6) is -1.51. The fraction of sp³-hybridized carbons (Fsp3) is 0.118. The van der Waals surface area contributed by atoms with Crippen LogP contribution in [0.25, 0.3) is 10.2 Å². The maximum absolute atomic E-state index is 14.2. The maximum Gasteiger partial charge on any atom is 0.285 e. The van der Waals surface area contributed by atoms with Crippen LogP contribution < -0.4 is 4.80 Å². The van der Waals surface area contributed by atoms with Gasteiger partial charge in [0, 0.05) is 12.6 Å². The smallest absolute Gasteiger partial charge is 0.285 e. The summed E-state index contributed by atoms with van der Waals surface area (Å²) in [5.41, 5.74) is 1.02. The van der Waals surface area contributed by atoms with Crippen molar-refractivity contribution >= 4 is 31.6 Å². The molecule has 1 heterocycles. The molecular formula is C17H14F2N2O2S2. The molecule has 3 rings (SSSR count). The highest BCUT2D eigenvalue weighted by Crippen LogP contribution is 2.23. The lowest BCUT2D eigenvalue weighted by Gasteiger charge is -2.03. The lowest BCUT2D eigenvalue weighted by atomic mass is 10.2. The SMILES string of the molecule is C=CCn1c(=NS(=O)(=O)c2ccc(C)cc2)sc2cc(F)cc(F)c21. The zero-order chi connectivity index (χ0) is 18.2. The molecular weight excluding hydrogens is 366 g/mol. The van der Waals surface area contributed by atoms with Gasteiger partial charge in [-0.1, -0.05) is 35.1 Å². The number of hydrogen-bond donors (Lipinski definition) is 0.